The number of hydrogen-bond acceptors (Lipinski definition) is 4. The Morgan fingerprint density at radius 2 is 1.83 bits per heavy atom. The molecule has 0 radical (unpaired) electrons. The summed E-state index contributed by atoms with van der Waals surface area (Å²) in [6.07, 6.45) is -0.0436. The Bertz CT molecular complexity index is 1570. The summed E-state index contributed by atoms with van der Waals surface area (Å²) in [7, 11) is 0. The molecule has 2 N–H and O–H groups in total. The number of H-pyrrole nitrogens is 1. The van der Waals surface area contributed by atoms with Crippen molar-refractivity contribution in [2.75, 3.05) is 11.4 Å². The third kappa shape index (κ3) is 3.25. The standard InChI is InChI=1S/C27H19FN4O3/c28-20-10-3-1-8-17(20)22-18-9-5-6-15-12-13-32(24(15)18)27(35)25(30-22)31-26(34)23-19(14-33)16-7-2-4-11-21(16)29-23/h1-11,14,25,29H,12-13H2,(H,31,34). The summed E-state index contributed by atoms with van der Waals surface area (Å²) in [5, 5.41) is 3.28. The van der Waals surface area contributed by atoms with Gasteiger partial charge in [0.1, 0.15) is 11.5 Å². The zero-order valence-corrected chi connectivity index (χ0v) is 18.4. The Kier molecular flexibility index (Phi) is 4.81. The number of nitrogens with zero attached hydrogens (tertiary/aromatic N) is 2. The number of aromatic amines is 1. The number of amides is 2. The fourth-order valence-electron chi connectivity index (χ4n) is 4.89. The second-order valence-corrected chi connectivity index (χ2v) is 8.46. The van der Waals surface area contributed by atoms with Crippen LogP contribution in [0.25, 0.3) is 10.9 Å². The topological polar surface area (TPSA) is 94.6 Å². The molecule has 0 aliphatic carbocycles. The Hall–Kier alpha value is -4.59. The van der Waals surface area contributed by atoms with E-state index < -0.39 is 23.8 Å². The molecular weight excluding hydrogens is 447 g/mol. The number of aldehydes is 1. The van der Waals surface area contributed by atoms with E-state index in [9.17, 15) is 18.8 Å². The Balaban J connectivity index is 1.47. The number of rotatable bonds is 4. The smallest absolute Gasteiger partial charge is 0.272 e. The molecule has 7 nitrogen and oxygen atoms in total. The molecular formula is C27H19FN4O3. The van der Waals surface area contributed by atoms with Gasteiger partial charge in [-0.15, -0.1) is 0 Å². The maximum absolute atomic E-state index is 14.9. The highest BCUT2D eigenvalue weighted by Gasteiger charge is 2.38. The molecule has 0 fully saturated rings. The lowest BCUT2D eigenvalue weighted by Crippen LogP contribution is -2.47. The molecule has 2 aliphatic rings. The summed E-state index contributed by atoms with van der Waals surface area (Å²) < 4.78 is 14.9. The number of anilines is 1. The first-order chi connectivity index (χ1) is 17.1. The number of carbonyl (C=O) groups excluding carboxylic acids is 3. The molecule has 3 aromatic carbocycles. The fourth-order valence-corrected chi connectivity index (χ4v) is 4.89. The predicted octanol–water partition coefficient (Wildman–Crippen LogP) is 3.62. The first-order valence-electron chi connectivity index (χ1n) is 11.2. The van der Waals surface area contributed by atoms with E-state index in [1.807, 2.05) is 18.2 Å². The minimum atomic E-state index is -1.30. The van der Waals surface area contributed by atoms with Crippen LogP contribution >= 0.6 is 0 Å². The van der Waals surface area contributed by atoms with Crippen LogP contribution in [0, 0.1) is 5.82 Å². The second-order valence-electron chi connectivity index (χ2n) is 8.46. The highest BCUT2D eigenvalue weighted by molar-refractivity contribution is 6.21. The molecule has 1 unspecified atom stereocenters. The van der Waals surface area contributed by atoms with Gasteiger partial charge in [0.25, 0.3) is 11.8 Å². The van der Waals surface area contributed by atoms with Crippen LogP contribution in [0.1, 0.15) is 37.5 Å². The van der Waals surface area contributed by atoms with E-state index in [-0.39, 0.29) is 22.5 Å². The second kappa shape index (κ2) is 8.02. The van der Waals surface area contributed by atoms with Crippen molar-refractivity contribution in [3.63, 3.8) is 0 Å². The molecule has 0 bridgehead atoms. The molecule has 2 aliphatic heterocycles. The number of aromatic nitrogens is 1. The molecule has 6 rings (SSSR count). The Labute approximate surface area is 199 Å². The summed E-state index contributed by atoms with van der Waals surface area (Å²) in [5.41, 5.74) is 3.68. The first kappa shape index (κ1) is 21.0. The summed E-state index contributed by atoms with van der Waals surface area (Å²) in [5.74, 6) is -1.55. The molecule has 0 saturated heterocycles. The third-order valence-corrected chi connectivity index (χ3v) is 6.50. The van der Waals surface area contributed by atoms with Crippen molar-refractivity contribution in [2.45, 2.75) is 12.6 Å². The van der Waals surface area contributed by atoms with Gasteiger partial charge in [-0.1, -0.05) is 48.5 Å². The largest absolute Gasteiger partial charge is 0.350 e. The van der Waals surface area contributed by atoms with Crippen LogP contribution in [-0.2, 0) is 11.2 Å². The van der Waals surface area contributed by atoms with E-state index in [4.69, 9.17) is 0 Å². The number of hydrogen-bond donors (Lipinski definition) is 2. The van der Waals surface area contributed by atoms with Crippen molar-refractivity contribution < 1.29 is 18.8 Å². The van der Waals surface area contributed by atoms with Crippen LogP contribution in [0.5, 0.6) is 0 Å². The lowest BCUT2D eigenvalue weighted by molar-refractivity contribution is -0.120. The van der Waals surface area contributed by atoms with E-state index in [0.29, 0.717) is 41.4 Å². The van der Waals surface area contributed by atoms with E-state index >= 15 is 0 Å². The van der Waals surface area contributed by atoms with Crippen molar-refractivity contribution in [2.24, 2.45) is 4.99 Å². The quantitative estimate of drug-likeness (QED) is 0.450. The number of halogens is 1. The zero-order valence-electron chi connectivity index (χ0n) is 18.4. The number of fused-ring (bicyclic) bond motifs is 1. The molecule has 8 heteroatoms. The van der Waals surface area contributed by atoms with Gasteiger partial charge >= 0.3 is 0 Å². The van der Waals surface area contributed by atoms with Crippen LogP contribution in [0.15, 0.2) is 71.7 Å². The zero-order chi connectivity index (χ0) is 24.1. The number of nitrogens with one attached hydrogen (secondary N) is 2. The molecule has 4 aromatic rings. The summed E-state index contributed by atoms with van der Waals surface area (Å²) in [4.78, 5) is 47.8. The third-order valence-electron chi connectivity index (χ3n) is 6.50. The van der Waals surface area contributed by atoms with Gasteiger partial charge in [0, 0.05) is 28.6 Å². The van der Waals surface area contributed by atoms with E-state index in [2.05, 4.69) is 15.3 Å². The predicted molar refractivity (Wildman–Crippen MR) is 129 cm³/mol. The fraction of sp³-hybridized carbons (Fsp3) is 0.111. The normalized spacial score (nSPS) is 16.6. The van der Waals surface area contributed by atoms with Crippen molar-refractivity contribution in [1.29, 1.82) is 0 Å². The molecule has 172 valence electrons. The van der Waals surface area contributed by atoms with Crippen molar-refractivity contribution in [1.82, 2.24) is 10.3 Å². The van der Waals surface area contributed by atoms with Crippen molar-refractivity contribution in [3.8, 4) is 0 Å². The maximum Gasteiger partial charge on any atom is 0.272 e. The summed E-state index contributed by atoms with van der Waals surface area (Å²) in [6, 6.07) is 18.9. The van der Waals surface area contributed by atoms with Crippen molar-refractivity contribution >= 4 is 40.4 Å². The maximum atomic E-state index is 14.9. The molecule has 0 spiro atoms. The number of aliphatic imine (C=N–C) groups is 1. The lowest BCUT2D eigenvalue weighted by atomic mass is 9.98. The van der Waals surface area contributed by atoms with Crippen molar-refractivity contribution in [3.05, 3.63) is 100 Å². The van der Waals surface area contributed by atoms with Crippen LogP contribution in [0.4, 0.5) is 10.1 Å². The van der Waals surface area contributed by atoms with E-state index in [1.165, 1.54) is 6.07 Å². The van der Waals surface area contributed by atoms with Gasteiger partial charge in [0.15, 0.2) is 6.29 Å². The number of benzene rings is 3. The van der Waals surface area contributed by atoms with Gasteiger partial charge in [-0.2, -0.15) is 0 Å². The van der Waals surface area contributed by atoms with Crippen LogP contribution in [0.3, 0.4) is 0 Å². The van der Waals surface area contributed by atoms with Gasteiger partial charge in [0.05, 0.1) is 17.0 Å². The van der Waals surface area contributed by atoms with E-state index in [0.717, 1.165) is 5.56 Å². The number of carbonyl (C=O) groups is 3. The molecule has 1 aromatic heterocycles. The molecule has 1 atom stereocenters. The first-order valence-corrected chi connectivity index (χ1v) is 11.2. The average molecular weight is 466 g/mol. The monoisotopic (exact) mass is 466 g/mol. The van der Waals surface area contributed by atoms with Gasteiger partial charge in [-0.25, -0.2) is 9.38 Å². The Morgan fingerprint density at radius 3 is 2.66 bits per heavy atom. The molecule has 2 amide bonds. The van der Waals surface area contributed by atoms with Gasteiger partial charge in [0.2, 0.25) is 6.17 Å². The number of para-hydroxylation sites is 2. The summed E-state index contributed by atoms with van der Waals surface area (Å²) >= 11 is 0. The minimum Gasteiger partial charge on any atom is -0.350 e. The van der Waals surface area contributed by atoms with Crippen LogP contribution in [-0.4, -0.2) is 41.5 Å². The van der Waals surface area contributed by atoms with E-state index in [1.54, 1.807) is 47.4 Å². The highest BCUT2D eigenvalue weighted by atomic mass is 19.1. The average Bonchev–Trinajstić information content (AvgIpc) is 3.45. The lowest BCUT2D eigenvalue weighted by Gasteiger charge is -2.20. The molecule has 35 heavy (non-hydrogen) atoms. The summed E-state index contributed by atoms with van der Waals surface area (Å²) in [6.45, 7) is 0.434. The molecule has 3 heterocycles. The highest BCUT2D eigenvalue weighted by Crippen LogP contribution is 2.36. The van der Waals surface area contributed by atoms with Crippen LogP contribution in [0.2, 0.25) is 0 Å². The molecule has 0 saturated carbocycles. The Morgan fingerprint density at radius 1 is 1.06 bits per heavy atom. The van der Waals surface area contributed by atoms with Gasteiger partial charge in [-0.05, 0) is 30.2 Å². The SMILES string of the molecule is O=Cc1c(C(=O)NC2N=C(c3ccccc3F)c3cccc4c3N(CC4)C2=O)[nH]c2ccccc12. The van der Waals surface area contributed by atoms with Crippen LogP contribution < -0.4 is 10.2 Å². The van der Waals surface area contributed by atoms with Gasteiger partial charge in [-0.3, -0.25) is 14.4 Å². The minimum absolute atomic E-state index is 0.0421. The van der Waals surface area contributed by atoms with Gasteiger partial charge < -0.3 is 15.2 Å².